The first-order valence-corrected chi connectivity index (χ1v) is 7.04. The summed E-state index contributed by atoms with van der Waals surface area (Å²) in [5, 5.41) is 0. The van der Waals surface area contributed by atoms with Crippen molar-refractivity contribution in [2.45, 2.75) is 26.3 Å². The van der Waals surface area contributed by atoms with Crippen LogP contribution < -0.4 is 10.6 Å². The lowest BCUT2D eigenvalue weighted by molar-refractivity contribution is -0.128. The molecule has 0 radical (unpaired) electrons. The highest BCUT2D eigenvalue weighted by atomic mass is 19.1. The van der Waals surface area contributed by atoms with Crippen LogP contribution in [0.3, 0.4) is 0 Å². The minimum atomic E-state index is -0.240. The van der Waals surface area contributed by atoms with Gasteiger partial charge in [0.15, 0.2) is 0 Å². The van der Waals surface area contributed by atoms with Crippen molar-refractivity contribution in [3.63, 3.8) is 0 Å². The van der Waals surface area contributed by atoms with E-state index in [0.717, 1.165) is 25.1 Å². The van der Waals surface area contributed by atoms with Gasteiger partial charge in [-0.25, -0.2) is 4.39 Å². The van der Waals surface area contributed by atoms with Gasteiger partial charge in [-0.1, -0.05) is 6.07 Å². The summed E-state index contributed by atoms with van der Waals surface area (Å²) in [6, 6.07) is 5.00. The lowest BCUT2D eigenvalue weighted by atomic mass is 10.1. The van der Waals surface area contributed by atoms with Gasteiger partial charge in [0.1, 0.15) is 5.82 Å². The molecule has 2 N–H and O–H groups in total. The molecule has 5 heteroatoms. The largest absolute Gasteiger partial charge is 0.367 e. The van der Waals surface area contributed by atoms with Gasteiger partial charge < -0.3 is 15.5 Å². The van der Waals surface area contributed by atoms with E-state index < -0.39 is 0 Å². The Morgan fingerprint density at radius 3 is 2.65 bits per heavy atom. The molecule has 110 valence electrons. The number of nitrogens with zero attached hydrogens (tertiary/aromatic N) is 2. The van der Waals surface area contributed by atoms with E-state index in [1.165, 1.54) is 6.07 Å². The van der Waals surface area contributed by atoms with Crippen LogP contribution >= 0.6 is 0 Å². The standard InChI is InChI=1S/C15H22FN3O/c1-11(17)13-4-5-15(14(16)10-13)19-7-3-6-18(8-9-19)12(2)20/h4-5,10-11H,3,6-9,17H2,1-2H3/t11-/m0/s1. The summed E-state index contributed by atoms with van der Waals surface area (Å²) in [5.41, 5.74) is 7.16. The number of halogens is 1. The molecule has 1 heterocycles. The highest BCUT2D eigenvalue weighted by Crippen LogP contribution is 2.24. The van der Waals surface area contributed by atoms with Gasteiger partial charge in [0, 0.05) is 39.1 Å². The van der Waals surface area contributed by atoms with Crippen molar-refractivity contribution >= 4 is 11.6 Å². The van der Waals surface area contributed by atoms with Gasteiger partial charge in [-0.05, 0) is 31.0 Å². The van der Waals surface area contributed by atoms with Crippen molar-refractivity contribution in [1.82, 2.24) is 4.90 Å². The molecule has 1 amide bonds. The van der Waals surface area contributed by atoms with Crippen LogP contribution in [0.5, 0.6) is 0 Å². The van der Waals surface area contributed by atoms with Crippen molar-refractivity contribution < 1.29 is 9.18 Å². The maximum absolute atomic E-state index is 14.2. The van der Waals surface area contributed by atoms with E-state index in [4.69, 9.17) is 5.73 Å². The van der Waals surface area contributed by atoms with E-state index in [0.29, 0.717) is 18.8 Å². The average Bonchev–Trinajstić information content (AvgIpc) is 2.64. The van der Waals surface area contributed by atoms with Crippen molar-refractivity contribution in [2.24, 2.45) is 5.73 Å². The van der Waals surface area contributed by atoms with Crippen LogP contribution in [0.2, 0.25) is 0 Å². The van der Waals surface area contributed by atoms with Crippen LogP contribution in [-0.2, 0) is 4.79 Å². The number of anilines is 1. The maximum atomic E-state index is 14.2. The van der Waals surface area contributed by atoms with E-state index in [1.807, 2.05) is 22.8 Å². The molecule has 0 spiro atoms. The second-order valence-electron chi connectivity index (χ2n) is 5.35. The summed E-state index contributed by atoms with van der Waals surface area (Å²) in [6.07, 6.45) is 0.855. The van der Waals surface area contributed by atoms with Gasteiger partial charge in [0.05, 0.1) is 5.69 Å². The highest BCUT2D eigenvalue weighted by Gasteiger charge is 2.19. The Balaban J connectivity index is 2.13. The van der Waals surface area contributed by atoms with Crippen molar-refractivity contribution in [3.05, 3.63) is 29.6 Å². The molecule has 4 nitrogen and oxygen atoms in total. The molecule has 1 fully saturated rings. The predicted octanol–water partition coefficient (Wildman–Crippen LogP) is 1.90. The molecule has 1 aliphatic rings. The summed E-state index contributed by atoms with van der Waals surface area (Å²) >= 11 is 0. The summed E-state index contributed by atoms with van der Waals surface area (Å²) in [6.45, 7) is 6.22. The third kappa shape index (κ3) is 3.28. The molecule has 20 heavy (non-hydrogen) atoms. The van der Waals surface area contributed by atoms with Crippen LogP contribution in [0.25, 0.3) is 0 Å². The van der Waals surface area contributed by atoms with Gasteiger partial charge in [0.2, 0.25) is 5.91 Å². The SMILES string of the molecule is CC(=O)N1CCCN(c2ccc([C@H](C)N)cc2F)CC1. The topological polar surface area (TPSA) is 49.6 Å². The normalized spacial score (nSPS) is 17.8. The van der Waals surface area contributed by atoms with Crippen LogP contribution in [0.1, 0.15) is 31.9 Å². The zero-order valence-corrected chi connectivity index (χ0v) is 12.1. The molecule has 1 atom stereocenters. The fourth-order valence-corrected chi connectivity index (χ4v) is 2.54. The molecule has 1 aromatic rings. The van der Waals surface area contributed by atoms with E-state index >= 15 is 0 Å². The van der Waals surface area contributed by atoms with Gasteiger partial charge in [-0.3, -0.25) is 4.79 Å². The van der Waals surface area contributed by atoms with E-state index in [9.17, 15) is 9.18 Å². The number of amides is 1. The molecule has 1 saturated heterocycles. The van der Waals surface area contributed by atoms with Gasteiger partial charge in [0.25, 0.3) is 0 Å². The molecule has 1 aromatic carbocycles. The Labute approximate surface area is 119 Å². The van der Waals surface area contributed by atoms with Crippen molar-refractivity contribution in [2.75, 3.05) is 31.1 Å². The Morgan fingerprint density at radius 2 is 2.05 bits per heavy atom. The first-order valence-electron chi connectivity index (χ1n) is 7.04. The third-order valence-electron chi connectivity index (χ3n) is 3.78. The Hall–Kier alpha value is -1.62. The third-order valence-corrected chi connectivity index (χ3v) is 3.78. The quantitative estimate of drug-likeness (QED) is 0.899. The highest BCUT2D eigenvalue weighted by molar-refractivity contribution is 5.73. The number of carbonyl (C=O) groups excluding carboxylic acids is 1. The second kappa shape index (κ2) is 6.22. The maximum Gasteiger partial charge on any atom is 0.219 e. The number of rotatable bonds is 2. The molecule has 0 saturated carbocycles. The Morgan fingerprint density at radius 1 is 1.30 bits per heavy atom. The van der Waals surface area contributed by atoms with Crippen LogP contribution in [0.15, 0.2) is 18.2 Å². The van der Waals surface area contributed by atoms with E-state index in [-0.39, 0.29) is 17.8 Å². The number of nitrogens with two attached hydrogens (primary N) is 1. The lowest BCUT2D eigenvalue weighted by Gasteiger charge is -2.24. The van der Waals surface area contributed by atoms with Crippen LogP contribution in [0.4, 0.5) is 10.1 Å². The molecular formula is C15H22FN3O. The summed E-state index contributed by atoms with van der Waals surface area (Å²) < 4.78 is 14.2. The second-order valence-corrected chi connectivity index (χ2v) is 5.35. The zero-order valence-electron chi connectivity index (χ0n) is 12.1. The molecule has 0 aliphatic carbocycles. The minimum absolute atomic E-state index is 0.0830. The van der Waals surface area contributed by atoms with Gasteiger partial charge in [-0.2, -0.15) is 0 Å². The summed E-state index contributed by atoms with van der Waals surface area (Å²) in [4.78, 5) is 15.2. The first kappa shape index (κ1) is 14.8. The number of benzene rings is 1. The van der Waals surface area contributed by atoms with Crippen molar-refractivity contribution in [3.8, 4) is 0 Å². The smallest absolute Gasteiger partial charge is 0.219 e. The minimum Gasteiger partial charge on any atom is -0.367 e. The number of hydrogen-bond acceptors (Lipinski definition) is 3. The van der Waals surface area contributed by atoms with Gasteiger partial charge >= 0.3 is 0 Å². The molecule has 0 bridgehead atoms. The predicted molar refractivity (Wildman–Crippen MR) is 78.1 cm³/mol. The van der Waals surface area contributed by atoms with Crippen LogP contribution in [-0.4, -0.2) is 37.0 Å². The fourth-order valence-electron chi connectivity index (χ4n) is 2.54. The molecular weight excluding hydrogens is 257 g/mol. The molecule has 0 aromatic heterocycles. The number of hydrogen-bond donors (Lipinski definition) is 1. The average molecular weight is 279 g/mol. The lowest BCUT2D eigenvalue weighted by Crippen LogP contribution is -2.33. The molecule has 2 rings (SSSR count). The van der Waals surface area contributed by atoms with E-state index in [2.05, 4.69) is 0 Å². The van der Waals surface area contributed by atoms with Gasteiger partial charge in [-0.15, -0.1) is 0 Å². The Kier molecular flexibility index (Phi) is 4.60. The molecule has 0 unspecified atom stereocenters. The zero-order chi connectivity index (χ0) is 14.7. The summed E-state index contributed by atoms with van der Waals surface area (Å²) in [5.74, 6) is -0.157. The number of carbonyl (C=O) groups is 1. The Bertz CT molecular complexity index is 490. The summed E-state index contributed by atoms with van der Waals surface area (Å²) in [7, 11) is 0. The monoisotopic (exact) mass is 279 g/mol. The van der Waals surface area contributed by atoms with E-state index in [1.54, 1.807) is 13.0 Å². The fraction of sp³-hybridized carbons (Fsp3) is 0.533. The van der Waals surface area contributed by atoms with Crippen molar-refractivity contribution in [1.29, 1.82) is 0 Å². The molecule has 1 aliphatic heterocycles. The van der Waals surface area contributed by atoms with Crippen LogP contribution in [0, 0.1) is 5.82 Å². The first-order chi connectivity index (χ1) is 9.49.